The second-order valence-corrected chi connectivity index (χ2v) is 9.34. The van der Waals surface area contributed by atoms with Gasteiger partial charge in [0.15, 0.2) is 5.65 Å². The van der Waals surface area contributed by atoms with Crippen LogP contribution in [0.4, 0.5) is 5.82 Å². The molecule has 1 saturated heterocycles. The standard InChI is InChI=1S/C28H26BN5O2/c29-23-17-30-34-26(16-24(32-27(23)34)22-9-3-4-11-25(22)35)31-19-12-14-33(15-13-19)28(36)21-10-5-7-18-6-1-2-8-20(18)21/h1-11,16-17,19,31,35H,12-15,29H2. The van der Waals surface area contributed by atoms with Crippen molar-refractivity contribution < 1.29 is 9.90 Å². The monoisotopic (exact) mass is 475 g/mol. The van der Waals surface area contributed by atoms with E-state index in [-0.39, 0.29) is 17.7 Å². The zero-order valence-electron chi connectivity index (χ0n) is 20.1. The smallest absolute Gasteiger partial charge is 0.254 e. The summed E-state index contributed by atoms with van der Waals surface area (Å²) in [5.41, 5.74) is 3.84. The highest BCUT2D eigenvalue weighted by Gasteiger charge is 2.25. The number of nitrogens with one attached hydrogen (secondary N) is 1. The Labute approximate surface area is 209 Å². The largest absolute Gasteiger partial charge is 0.507 e. The van der Waals surface area contributed by atoms with E-state index in [0.717, 1.165) is 46.1 Å². The van der Waals surface area contributed by atoms with Crippen molar-refractivity contribution in [3.8, 4) is 17.0 Å². The van der Waals surface area contributed by atoms with Gasteiger partial charge in [-0.1, -0.05) is 48.5 Å². The number of carbonyl (C=O) groups excluding carboxylic acids is 1. The molecule has 36 heavy (non-hydrogen) atoms. The molecule has 8 heteroatoms. The number of amides is 1. The molecule has 0 radical (unpaired) electrons. The Morgan fingerprint density at radius 1 is 1.00 bits per heavy atom. The van der Waals surface area contributed by atoms with Gasteiger partial charge in [0.2, 0.25) is 0 Å². The van der Waals surface area contributed by atoms with Crippen molar-refractivity contribution in [3.63, 3.8) is 0 Å². The van der Waals surface area contributed by atoms with Gasteiger partial charge in [0.25, 0.3) is 5.91 Å². The van der Waals surface area contributed by atoms with Crippen LogP contribution in [0.15, 0.2) is 79.0 Å². The highest BCUT2D eigenvalue weighted by Crippen LogP contribution is 2.30. The maximum Gasteiger partial charge on any atom is 0.254 e. The van der Waals surface area contributed by atoms with Crippen molar-refractivity contribution in [2.75, 3.05) is 18.4 Å². The molecule has 2 aromatic heterocycles. The van der Waals surface area contributed by atoms with E-state index >= 15 is 0 Å². The summed E-state index contributed by atoms with van der Waals surface area (Å²) in [7, 11) is 1.98. The first-order valence-electron chi connectivity index (χ1n) is 12.3. The molecule has 2 N–H and O–H groups in total. The Balaban J connectivity index is 1.22. The van der Waals surface area contributed by atoms with Gasteiger partial charge in [0.05, 0.1) is 5.69 Å². The molecule has 7 nitrogen and oxygen atoms in total. The second-order valence-electron chi connectivity index (χ2n) is 9.34. The number of rotatable bonds is 4. The van der Waals surface area contributed by atoms with Crippen molar-refractivity contribution in [3.05, 3.63) is 84.6 Å². The summed E-state index contributed by atoms with van der Waals surface area (Å²) in [6.07, 6.45) is 3.45. The Hall–Kier alpha value is -4.33. The number of aromatic hydroxyl groups is 1. The Bertz CT molecular complexity index is 1580. The van der Waals surface area contributed by atoms with E-state index in [2.05, 4.69) is 10.4 Å². The molecule has 5 aromatic rings. The average molecular weight is 475 g/mol. The predicted octanol–water partition coefficient (Wildman–Crippen LogP) is 3.23. The van der Waals surface area contributed by atoms with Gasteiger partial charge in [0, 0.05) is 42.5 Å². The first kappa shape index (κ1) is 22.2. The number of aromatic nitrogens is 3. The van der Waals surface area contributed by atoms with Gasteiger partial charge >= 0.3 is 0 Å². The van der Waals surface area contributed by atoms with Crippen molar-refractivity contribution in [2.45, 2.75) is 18.9 Å². The van der Waals surface area contributed by atoms with Gasteiger partial charge in [-0.15, -0.1) is 0 Å². The Kier molecular flexibility index (Phi) is 5.56. The molecule has 0 bridgehead atoms. The van der Waals surface area contributed by atoms with Gasteiger partial charge < -0.3 is 15.3 Å². The molecule has 1 fully saturated rings. The number of nitrogens with zero attached hydrogens (tertiary/aromatic N) is 4. The highest BCUT2D eigenvalue weighted by atomic mass is 16.3. The number of phenolic OH excluding ortho intramolecular Hbond substituents is 1. The Morgan fingerprint density at radius 3 is 2.58 bits per heavy atom. The van der Waals surface area contributed by atoms with Crippen molar-refractivity contribution in [1.82, 2.24) is 19.5 Å². The maximum atomic E-state index is 13.3. The molecule has 6 rings (SSSR count). The molecule has 3 aromatic carbocycles. The maximum absolute atomic E-state index is 13.3. The number of benzene rings is 3. The molecule has 3 heterocycles. The van der Waals surface area contributed by atoms with E-state index in [9.17, 15) is 9.90 Å². The summed E-state index contributed by atoms with van der Waals surface area (Å²) in [5.74, 6) is 1.10. The Morgan fingerprint density at radius 2 is 1.75 bits per heavy atom. The number of piperidine rings is 1. The average Bonchev–Trinajstić information content (AvgIpc) is 3.29. The lowest BCUT2D eigenvalue weighted by molar-refractivity contribution is 0.0720. The SMILES string of the molecule is Bc1cnn2c(NC3CCN(C(=O)c4cccc5ccccc45)CC3)cc(-c3ccccc3O)nc12. The summed E-state index contributed by atoms with van der Waals surface area (Å²) in [6.45, 7) is 1.36. The van der Waals surface area contributed by atoms with Crippen LogP contribution in [0.5, 0.6) is 5.75 Å². The highest BCUT2D eigenvalue weighted by molar-refractivity contribution is 6.36. The van der Waals surface area contributed by atoms with Crippen LogP contribution in [0.1, 0.15) is 23.2 Å². The van der Waals surface area contributed by atoms with Crippen LogP contribution in [0.25, 0.3) is 27.7 Å². The second kappa shape index (κ2) is 9.04. The summed E-state index contributed by atoms with van der Waals surface area (Å²) < 4.78 is 1.81. The number of anilines is 1. The first-order valence-corrected chi connectivity index (χ1v) is 12.3. The van der Waals surface area contributed by atoms with Gasteiger partial charge in [0.1, 0.15) is 19.4 Å². The zero-order chi connectivity index (χ0) is 24.6. The number of phenols is 1. The summed E-state index contributed by atoms with van der Waals surface area (Å²) >= 11 is 0. The molecule has 0 atom stereocenters. The third-order valence-electron chi connectivity index (χ3n) is 6.98. The van der Waals surface area contributed by atoms with Crippen LogP contribution in [-0.2, 0) is 0 Å². The van der Waals surface area contributed by atoms with Crippen LogP contribution in [0.3, 0.4) is 0 Å². The lowest BCUT2D eigenvalue weighted by Crippen LogP contribution is -2.42. The topological polar surface area (TPSA) is 82.8 Å². The van der Waals surface area contributed by atoms with Crippen LogP contribution in [0, 0.1) is 0 Å². The molecule has 1 amide bonds. The van der Waals surface area contributed by atoms with Gasteiger partial charge in [-0.25, -0.2) is 4.98 Å². The van der Waals surface area contributed by atoms with E-state index in [0.29, 0.717) is 24.3 Å². The normalized spacial score (nSPS) is 14.4. The molecule has 0 spiro atoms. The van der Waals surface area contributed by atoms with E-state index in [1.54, 1.807) is 18.3 Å². The molecule has 0 saturated carbocycles. The minimum Gasteiger partial charge on any atom is -0.507 e. The first-order chi connectivity index (χ1) is 17.6. The fourth-order valence-corrected chi connectivity index (χ4v) is 5.02. The molecule has 0 unspecified atom stereocenters. The molecule has 0 aliphatic carbocycles. The minimum absolute atomic E-state index is 0.0843. The molecule has 1 aliphatic heterocycles. The lowest BCUT2D eigenvalue weighted by atomic mass is 10.00. The van der Waals surface area contributed by atoms with Crippen molar-refractivity contribution in [1.29, 1.82) is 0 Å². The van der Waals surface area contributed by atoms with Crippen molar-refractivity contribution >= 4 is 41.5 Å². The van der Waals surface area contributed by atoms with Gasteiger partial charge in [-0.2, -0.15) is 9.61 Å². The number of fused-ring (bicyclic) bond motifs is 2. The summed E-state index contributed by atoms with van der Waals surface area (Å²) in [6, 6.07) is 23.3. The molecule has 1 aliphatic rings. The zero-order valence-corrected chi connectivity index (χ0v) is 20.1. The minimum atomic E-state index is 0.0843. The van der Waals surface area contributed by atoms with Crippen LogP contribution >= 0.6 is 0 Å². The molecule has 178 valence electrons. The van der Waals surface area contributed by atoms with Crippen LogP contribution in [-0.4, -0.2) is 57.5 Å². The van der Waals surface area contributed by atoms with E-state index in [1.165, 1.54) is 0 Å². The van der Waals surface area contributed by atoms with Crippen molar-refractivity contribution in [2.24, 2.45) is 0 Å². The summed E-state index contributed by atoms with van der Waals surface area (Å²) in [5, 5.41) is 20.6. The molecular formula is C28H26BN5O2. The fraction of sp³-hybridized carbons (Fsp3) is 0.179. The van der Waals surface area contributed by atoms with E-state index < -0.39 is 0 Å². The third-order valence-corrected chi connectivity index (χ3v) is 6.98. The predicted molar refractivity (Wildman–Crippen MR) is 145 cm³/mol. The van der Waals surface area contributed by atoms with E-state index in [1.807, 2.05) is 77.9 Å². The quantitative estimate of drug-likeness (QED) is 0.390. The third kappa shape index (κ3) is 3.94. The molecular weight excluding hydrogens is 449 g/mol. The number of para-hydroxylation sites is 1. The lowest BCUT2D eigenvalue weighted by Gasteiger charge is -2.33. The number of carbonyl (C=O) groups is 1. The number of likely N-dealkylation sites (tertiary alicyclic amines) is 1. The van der Waals surface area contributed by atoms with Crippen LogP contribution < -0.4 is 10.8 Å². The van der Waals surface area contributed by atoms with Gasteiger partial charge in [-0.05, 0) is 47.3 Å². The fourth-order valence-electron chi connectivity index (χ4n) is 5.02. The summed E-state index contributed by atoms with van der Waals surface area (Å²) in [4.78, 5) is 20.1. The van der Waals surface area contributed by atoms with E-state index in [4.69, 9.17) is 4.98 Å². The number of hydrogen-bond acceptors (Lipinski definition) is 5. The van der Waals surface area contributed by atoms with Crippen LogP contribution in [0.2, 0.25) is 0 Å². The van der Waals surface area contributed by atoms with Gasteiger partial charge in [-0.3, -0.25) is 4.79 Å². The number of hydrogen-bond donors (Lipinski definition) is 2.